The van der Waals surface area contributed by atoms with Crippen LogP contribution < -0.4 is 10.2 Å². The van der Waals surface area contributed by atoms with Gasteiger partial charge in [0.2, 0.25) is 5.95 Å². The van der Waals surface area contributed by atoms with Crippen LogP contribution in [0.3, 0.4) is 0 Å². The van der Waals surface area contributed by atoms with Gasteiger partial charge < -0.3 is 10.2 Å². The molecule has 5 heteroatoms. The fraction of sp³-hybridized carbons (Fsp3) is 0.667. The summed E-state index contributed by atoms with van der Waals surface area (Å²) in [7, 11) is 0. The van der Waals surface area contributed by atoms with Crippen molar-refractivity contribution < 1.29 is 0 Å². The SMILES string of the molecule is Cc1nc(N2CCNCC2)nc2c1SCCC2. The van der Waals surface area contributed by atoms with Gasteiger partial charge in [-0.15, -0.1) is 11.8 Å². The van der Waals surface area contributed by atoms with E-state index in [4.69, 9.17) is 4.98 Å². The fourth-order valence-electron chi connectivity index (χ4n) is 2.38. The molecule has 3 rings (SSSR count). The number of rotatable bonds is 1. The molecule has 0 bridgehead atoms. The average molecular weight is 250 g/mol. The molecule has 1 saturated heterocycles. The molecule has 92 valence electrons. The van der Waals surface area contributed by atoms with Crippen molar-refractivity contribution in [3.8, 4) is 0 Å². The summed E-state index contributed by atoms with van der Waals surface area (Å²) < 4.78 is 0. The molecule has 0 amide bonds. The number of hydrogen-bond acceptors (Lipinski definition) is 5. The molecule has 1 aromatic heterocycles. The van der Waals surface area contributed by atoms with Crippen LogP contribution in [0.25, 0.3) is 0 Å². The molecule has 0 atom stereocenters. The normalized spacial score (nSPS) is 20.2. The Hall–Kier alpha value is -0.810. The van der Waals surface area contributed by atoms with Crippen LogP contribution in [-0.2, 0) is 6.42 Å². The van der Waals surface area contributed by atoms with Crippen LogP contribution in [0, 0.1) is 6.92 Å². The van der Waals surface area contributed by atoms with E-state index in [0.29, 0.717) is 0 Å². The number of nitrogens with one attached hydrogen (secondary N) is 1. The highest BCUT2D eigenvalue weighted by Gasteiger charge is 2.19. The van der Waals surface area contributed by atoms with Crippen molar-refractivity contribution in [1.82, 2.24) is 15.3 Å². The highest BCUT2D eigenvalue weighted by atomic mass is 32.2. The minimum atomic E-state index is 0.935. The van der Waals surface area contributed by atoms with Crippen LogP contribution in [-0.4, -0.2) is 41.9 Å². The lowest BCUT2D eigenvalue weighted by Gasteiger charge is -2.28. The van der Waals surface area contributed by atoms with Crippen molar-refractivity contribution in [1.29, 1.82) is 0 Å². The van der Waals surface area contributed by atoms with Gasteiger partial charge in [-0.2, -0.15) is 0 Å². The zero-order chi connectivity index (χ0) is 11.7. The highest BCUT2D eigenvalue weighted by Crippen LogP contribution is 2.32. The van der Waals surface area contributed by atoms with Crippen molar-refractivity contribution in [2.24, 2.45) is 0 Å². The molecule has 0 aromatic carbocycles. The molecule has 1 aromatic rings. The lowest BCUT2D eigenvalue weighted by Crippen LogP contribution is -2.44. The van der Waals surface area contributed by atoms with Gasteiger partial charge in [0.05, 0.1) is 16.3 Å². The summed E-state index contributed by atoms with van der Waals surface area (Å²) in [4.78, 5) is 13.1. The Morgan fingerprint density at radius 2 is 2.06 bits per heavy atom. The van der Waals surface area contributed by atoms with Crippen molar-refractivity contribution in [2.75, 3.05) is 36.8 Å². The van der Waals surface area contributed by atoms with E-state index in [9.17, 15) is 0 Å². The molecule has 0 radical (unpaired) electrons. The predicted molar refractivity (Wildman–Crippen MR) is 70.9 cm³/mol. The van der Waals surface area contributed by atoms with Gasteiger partial charge in [0.1, 0.15) is 0 Å². The Morgan fingerprint density at radius 3 is 2.88 bits per heavy atom. The number of fused-ring (bicyclic) bond motifs is 1. The van der Waals surface area contributed by atoms with Crippen LogP contribution in [0.1, 0.15) is 17.8 Å². The number of piperazine rings is 1. The third-order valence-electron chi connectivity index (χ3n) is 3.30. The number of anilines is 1. The highest BCUT2D eigenvalue weighted by molar-refractivity contribution is 7.99. The summed E-state index contributed by atoms with van der Waals surface area (Å²) in [5.74, 6) is 2.15. The summed E-state index contributed by atoms with van der Waals surface area (Å²) in [5.41, 5.74) is 2.43. The molecule has 4 nitrogen and oxygen atoms in total. The molecule has 17 heavy (non-hydrogen) atoms. The maximum Gasteiger partial charge on any atom is 0.225 e. The van der Waals surface area contributed by atoms with Crippen LogP contribution in [0.5, 0.6) is 0 Å². The van der Waals surface area contributed by atoms with E-state index in [2.05, 4.69) is 22.1 Å². The second-order valence-corrected chi connectivity index (χ2v) is 5.68. The Kier molecular flexibility index (Phi) is 3.20. The van der Waals surface area contributed by atoms with Crippen LogP contribution in [0.15, 0.2) is 4.90 Å². The van der Waals surface area contributed by atoms with Gasteiger partial charge in [-0.05, 0) is 25.5 Å². The molecule has 1 fully saturated rings. The van der Waals surface area contributed by atoms with E-state index in [1.165, 1.54) is 22.8 Å². The fourth-order valence-corrected chi connectivity index (χ4v) is 3.45. The maximum atomic E-state index is 4.76. The third-order valence-corrected chi connectivity index (χ3v) is 4.61. The van der Waals surface area contributed by atoms with Crippen molar-refractivity contribution >= 4 is 17.7 Å². The van der Waals surface area contributed by atoms with Crippen LogP contribution in [0.2, 0.25) is 0 Å². The molecule has 0 saturated carbocycles. The first-order valence-electron chi connectivity index (χ1n) is 6.30. The largest absolute Gasteiger partial charge is 0.338 e. The monoisotopic (exact) mass is 250 g/mol. The van der Waals surface area contributed by atoms with E-state index in [-0.39, 0.29) is 0 Å². The smallest absolute Gasteiger partial charge is 0.225 e. The van der Waals surface area contributed by atoms with E-state index in [1.54, 1.807) is 0 Å². The number of hydrogen-bond donors (Lipinski definition) is 1. The minimum Gasteiger partial charge on any atom is -0.338 e. The van der Waals surface area contributed by atoms with Gasteiger partial charge >= 0.3 is 0 Å². The van der Waals surface area contributed by atoms with Gasteiger partial charge in [0.25, 0.3) is 0 Å². The topological polar surface area (TPSA) is 41.1 Å². The third kappa shape index (κ3) is 2.26. The number of aryl methyl sites for hydroxylation is 2. The molecule has 2 aliphatic rings. The van der Waals surface area contributed by atoms with Gasteiger partial charge in [-0.1, -0.05) is 0 Å². The molecule has 0 spiro atoms. The summed E-state index contributed by atoms with van der Waals surface area (Å²) in [6, 6.07) is 0. The molecule has 2 aliphatic heterocycles. The van der Waals surface area contributed by atoms with Crippen molar-refractivity contribution in [3.63, 3.8) is 0 Å². The second kappa shape index (κ2) is 4.82. The summed E-state index contributed by atoms with van der Waals surface area (Å²) >= 11 is 1.91. The van der Waals surface area contributed by atoms with E-state index < -0.39 is 0 Å². The number of aromatic nitrogens is 2. The molecular formula is C12H18N4S. The van der Waals surface area contributed by atoms with Crippen molar-refractivity contribution in [3.05, 3.63) is 11.4 Å². The lowest BCUT2D eigenvalue weighted by atomic mass is 10.2. The van der Waals surface area contributed by atoms with E-state index in [1.807, 2.05) is 11.8 Å². The van der Waals surface area contributed by atoms with Gasteiger partial charge in [0, 0.05) is 26.2 Å². The Bertz CT molecular complexity index is 415. The summed E-state index contributed by atoms with van der Waals surface area (Å²) in [6.07, 6.45) is 2.36. The lowest BCUT2D eigenvalue weighted by molar-refractivity contribution is 0.576. The molecule has 0 aliphatic carbocycles. The first-order chi connectivity index (χ1) is 8.34. The van der Waals surface area contributed by atoms with Gasteiger partial charge in [0.15, 0.2) is 0 Å². The van der Waals surface area contributed by atoms with Crippen LogP contribution in [0.4, 0.5) is 5.95 Å². The Labute approximate surface area is 106 Å². The molecule has 0 unspecified atom stereocenters. The number of nitrogens with zero attached hydrogens (tertiary/aromatic N) is 3. The van der Waals surface area contributed by atoms with E-state index in [0.717, 1.165) is 44.2 Å². The number of thioether (sulfide) groups is 1. The second-order valence-electron chi connectivity index (χ2n) is 4.57. The predicted octanol–water partition coefficient (Wildman–Crippen LogP) is 1.23. The zero-order valence-corrected chi connectivity index (χ0v) is 11.0. The van der Waals surface area contributed by atoms with Crippen LogP contribution >= 0.6 is 11.8 Å². The molecule has 1 N–H and O–H groups in total. The maximum absolute atomic E-state index is 4.76. The average Bonchev–Trinajstić information content (AvgIpc) is 2.40. The Balaban J connectivity index is 1.92. The van der Waals surface area contributed by atoms with Gasteiger partial charge in [-0.25, -0.2) is 9.97 Å². The van der Waals surface area contributed by atoms with E-state index >= 15 is 0 Å². The minimum absolute atomic E-state index is 0.935. The van der Waals surface area contributed by atoms with Gasteiger partial charge in [-0.3, -0.25) is 0 Å². The zero-order valence-electron chi connectivity index (χ0n) is 10.2. The summed E-state index contributed by atoms with van der Waals surface area (Å²) in [5, 5.41) is 3.36. The van der Waals surface area contributed by atoms with Crippen molar-refractivity contribution in [2.45, 2.75) is 24.7 Å². The Morgan fingerprint density at radius 1 is 1.24 bits per heavy atom. The quantitative estimate of drug-likeness (QED) is 0.812. The first kappa shape index (κ1) is 11.3. The first-order valence-corrected chi connectivity index (χ1v) is 7.29. The standard InChI is InChI=1S/C12H18N4S/c1-9-11-10(3-2-8-17-11)15-12(14-9)16-6-4-13-5-7-16/h13H,2-8H2,1H3. The molecular weight excluding hydrogens is 232 g/mol. The molecule has 3 heterocycles. The summed E-state index contributed by atoms with van der Waals surface area (Å²) in [6.45, 7) is 6.23.